The summed E-state index contributed by atoms with van der Waals surface area (Å²) >= 11 is 0. The number of nitrogens with zero attached hydrogens (tertiary/aromatic N) is 3. The average Bonchev–Trinajstić information content (AvgIpc) is 2.72. The summed E-state index contributed by atoms with van der Waals surface area (Å²) in [7, 11) is 0. The summed E-state index contributed by atoms with van der Waals surface area (Å²) in [5.41, 5.74) is 4.31. The van der Waals surface area contributed by atoms with E-state index in [9.17, 15) is 9.59 Å². The Morgan fingerprint density at radius 1 is 1.17 bits per heavy atom. The number of amides is 1. The van der Waals surface area contributed by atoms with Crippen molar-refractivity contribution >= 4 is 11.6 Å². The minimum atomic E-state index is -0.765. The smallest absolute Gasteiger partial charge is 0.267 e. The van der Waals surface area contributed by atoms with Crippen LogP contribution >= 0.6 is 0 Å². The Morgan fingerprint density at radius 2 is 1.97 bits per heavy atom. The fraction of sp³-hybridized carbons (Fsp3) is 0.217. The molecular weight excluding hydrogens is 364 g/mol. The highest BCUT2D eigenvalue weighted by molar-refractivity contribution is 5.93. The molecule has 1 amide bonds. The zero-order valence-electron chi connectivity index (χ0n) is 16.6. The van der Waals surface area contributed by atoms with Crippen molar-refractivity contribution in [3.63, 3.8) is 0 Å². The molecule has 0 saturated carbocycles. The third kappa shape index (κ3) is 4.41. The molecule has 1 unspecified atom stereocenters. The minimum Gasteiger partial charge on any atom is -0.324 e. The van der Waals surface area contributed by atoms with Crippen molar-refractivity contribution in [2.75, 3.05) is 5.32 Å². The van der Waals surface area contributed by atoms with Gasteiger partial charge in [-0.05, 0) is 56.2 Å². The number of aromatic nitrogens is 2. The third-order valence-corrected chi connectivity index (χ3v) is 4.74. The Bertz CT molecular complexity index is 1160. The molecule has 0 aliphatic heterocycles. The third-order valence-electron chi connectivity index (χ3n) is 4.74. The standard InChI is InChI=1S/C23H22N4O2/c1-4-21(23(29)25-18-7-5-6-17(13-18)14-24)27-22(28)11-10-20(26-27)19-12-15(2)8-9-16(19)3/h5-13,21H,4H2,1-3H3,(H,25,29). The summed E-state index contributed by atoms with van der Waals surface area (Å²) in [4.78, 5) is 25.4. The van der Waals surface area contributed by atoms with Crippen LogP contribution < -0.4 is 10.9 Å². The second-order valence-corrected chi connectivity index (χ2v) is 6.93. The van der Waals surface area contributed by atoms with Crippen molar-refractivity contribution < 1.29 is 4.79 Å². The maximum atomic E-state index is 12.9. The van der Waals surface area contributed by atoms with E-state index in [0.717, 1.165) is 16.7 Å². The van der Waals surface area contributed by atoms with Crippen molar-refractivity contribution in [1.82, 2.24) is 9.78 Å². The molecule has 6 nitrogen and oxygen atoms in total. The Morgan fingerprint density at radius 3 is 2.69 bits per heavy atom. The topological polar surface area (TPSA) is 87.8 Å². The highest BCUT2D eigenvalue weighted by Crippen LogP contribution is 2.23. The van der Waals surface area contributed by atoms with Gasteiger partial charge >= 0.3 is 0 Å². The van der Waals surface area contributed by atoms with E-state index in [0.29, 0.717) is 23.4 Å². The molecule has 3 aromatic rings. The summed E-state index contributed by atoms with van der Waals surface area (Å²) in [6.07, 6.45) is 0.396. The molecule has 2 aromatic carbocycles. The van der Waals surface area contributed by atoms with Gasteiger partial charge in [-0.3, -0.25) is 9.59 Å². The molecule has 6 heteroatoms. The predicted octanol–water partition coefficient (Wildman–Crippen LogP) is 3.99. The van der Waals surface area contributed by atoms with Crippen LogP contribution in [-0.2, 0) is 4.79 Å². The Kier molecular flexibility index (Phi) is 5.89. The fourth-order valence-corrected chi connectivity index (χ4v) is 3.17. The molecule has 0 saturated heterocycles. The zero-order chi connectivity index (χ0) is 21.0. The van der Waals surface area contributed by atoms with Crippen molar-refractivity contribution in [3.05, 3.63) is 81.6 Å². The lowest BCUT2D eigenvalue weighted by molar-refractivity contribution is -0.119. The van der Waals surface area contributed by atoms with E-state index >= 15 is 0 Å². The molecule has 29 heavy (non-hydrogen) atoms. The first-order chi connectivity index (χ1) is 13.9. The maximum Gasteiger partial charge on any atom is 0.267 e. The summed E-state index contributed by atoms with van der Waals surface area (Å²) in [5, 5.41) is 16.3. The van der Waals surface area contributed by atoms with Gasteiger partial charge < -0.3 is 5.32 Å². The van der Waals surface area contributed by atoms with Gasteiger partial charge in [0.05, 0.1) is 17.3 Å². The molecule has 0 spiro atoms. The van der Waals surface area contributed by atoms with E-state index in [-0.39, 0.29) is 11.5 Å². The lowest BCUT2D eigenvalue weighted by Gasteiger charge is -2.18. The Hall–Kier alpha value is -3.72. The molecule has 0 aliphatic rings. The Balaban J connectivity index is 1.96. The molecule has 1 N–H and O–H groups in total. The van der Waals surface area contributed by atoms with Crippen LogP contribution in [0.15, 0.2) is 59.4 Å². The maximum absolute atomic E-state index is 12.9. The second-order valence-electron chi connectivity index (χ2n) is 6.93. The quantitative estimate of drug-likeness (QED) is 0.718. The van der Waals surface area contributed by atoms with Crippen LogP contribution in [0.4, 0.5) is 5.69 Å². The minimum absolute atomic E-state index is 0.341. The number of hydrogen-bond donors (Lipinski definition) is 1. The van der Waals surface area contributed by atoms with Gasteiger partial charge in [0.25, 0.3) is 5.56 Å². The van der Waals surface area contributed by atoms with E-state index in [1.807, 2.05) is 45.0 Å². The first-order valence-corrected chi connectivity index (χ1v) is 9.41. The molecule has 0 radical (unpaired) electrons. The number of carbonyl (C=O) groups is 1. The Labute approximate surface area is 169 Å². The number of nitriles is 1. The second kappa shape index (κ2) is 8.53. The summed E-state index contributed by atoms with van der Waals surface area (Å²) in [5.74, 6) is -0.352. The summed E-state index contributed by atoms with van der Waals surface area (Å²) in [6.45, 7) is 5.81. The van der Waals surface area contributed by atoms with Gasteiger partial charge in [-0.25, -0.2) is 4.68 Å². The van der Waals surface area contributed by atoms with E-state index in [4.69, 9.17) is 5.26 Å². The van der Waals surface area contributed by atoms with E-state index in [1.165, 1.54) is 10.7 Å². The number of nitrogens with one attached hydrogen (secondary N) is 1. The van der Waals surface area contributed by atoms with Crippen molar-refractivity contribution in [1.29, 1.82) is 5.26 Å². The van der Waals surface area contributed by atoms with Crippen LogP contribution in [0.2, 0.25) is 0 Å². The van der Waals surface area contributed by atoms with Gasteiger partial charge in [-0.15, -0.1) is 0 Å². The van der Waals surface area contributed by atoms with Gasteiger partial charge in [0, 0.05) is 17.3 Å². The van der Waals surface area contributed by atoms with Gasteiger partial charge in [0.15, 0.2) is 0 Å². The first-order valence-electron chi connectivity index (χ1n) is 9.41. The van der Waals surface area contributed by atoms with Gasteiger partial charge in [0.1, 0.15) is 6.04 Å². The number of benzene rings is 2. The van der Waals surface area contributed by atoms with Gasteiger partial charge in [-0.2, -0.15) is 10.4 Å². The van der Waals surface area contributed by atoms with Crippen LogP contribution in [-0.4, -0.2) is 15.7 Å². The van der Waals surface area contributed by atoms with E-state index < -0.39 is 6.04 Å². The lowest BCUT2D eigenvalue weighted by Crippen LogP contribution is -2.34. The van der Waals surface area contributed by atoms with Crippen molar-refractivity contribution in [3.8, 4) is 17.3 Å². The number of hydrogen-bond acceptors (Lipinski definition) is 4. The van der Waals surface area contributed by atoms with Crippen LogP contribution in [0, 0.1) is 25.2 Å². The van der Waals surface area contributed by atoms with Gasteiger partial charge in [0.2, 0.25) is 5.91 Å². The molecule has 3 rings (SSSR count). The number of rotatable bonds is 5. The molecule has 0 fully saturated rings. The molecular formula is C23H22N4O2. The lowest BCUT2D eigenvalue weighted by atomic mass is 10.0. The predicted molar refractivity (Wildman–Crippen MR) is 113 cm³/mol. The van der Waals surface area contributed by atoms with Gasteiger partial charge in [-0.1, -0.05) is 30.7 Å². The van der Waals surface area contributed by atoms with Crippen LogP contribution in [0.5, 0.6) is 0 Å². The molecule has 1 heterocycles. The van der Waals surface area contributed by atoms with Crippen LogP contribution in [0.3, 0.4) is 0 Å². The van der Waals surface area contributed by atoms with E-state index in [1.54, 1.807) is 30.3 Å². The summed E-state index contributed by atoms with van der Waals surface area (Å²) in [6, 6.07) is 17.1. The SMILES string of the molecule is CCC(C(=O)Nc1cccc(C#N)c1)n1nc(-c2cc(C)ccc2C)ccc1=O. The van der Waals surface area contributed by atoms with Crippen molar-refractivity contribution in [2.45, 2.75) is 33.2 Å². The average molecular weight is 386 g/mol. The molecule has 0 bridgehead atoms. The number of carbonyl (C=O) groups excluding carboxylic acids is 1. The fourth-order valence-electron chi connectivity index (χ4n) is 3.17. The van der Waals surface area contributed by atoms with E-state index in [2.05, 4.69) is 10.4 Å². The zero-order valence-corrected chi connectivity index (χ0v) is 16.6. The number of aryl methyl sites for hydroxylation is 2. The normalized spacial score (nSPS) is 11.5. The molecule has 0 aliphatic carbocycles. The molecule has 146 valence electrons. The van der Waals surface area contributed by atoms with Crippen molar-refractivity contribution in [2.24, 2.45) is 0 Å². The molecule has 1 atom stereocenters. The highest BCUT2D eigenvalue weighted by atomic mass is 16.2. The van der Waals surface area contributed by atoms with Crippen LogP contribution in [0.1, 0.15) is 36.1 Å². The highest BCUT2D eigenvalue weighted by Gasteiger charge is 2.22. The number of anilines is 1. The molecule has 1 aromatic heterocycles. The largest absolute Gasteiger partial charge is 0.324 e. The first kappa shape index (κ1) is 20.0. The van der Waals surface area contributed by atoms with Crippen LogP contribution in [0.25, 0.3) is 11.3 Å². The monoisotopic (exact) mass is 386 g/mol. The summed E-state index contributed by atoms with van der Waals surface area (Å²) < 4.78 is 1.24.